The lowest BCUT2D eigenvalue weighted by Gasteiger charge is -2.16. The topological polar surface area (TPSA) is 41.1 Å². The second-order valence-electron chi connectivity index (χ2n) is 3.98. The Morgan fingerprint density at radius 3 is 2.89 bits per heavy atom. The van der Waals surface area contributed by atoms with E-state index in [9.17, 15) is 4.79 Å². The second-order valence-corrected chi connectivity index (χ2v) is 5.24. The van der Waals surface area contributed by atoms with Crippen LogP contribution in [-0.4, -0.2) is 18.5 Å². The zero-order chi connectivity index (χ0) is 13.7. The summed E-state index contributed by atoms with van der Waals surface area (Å²) in [5.41, 5.74) is 1.78. The molecule has 1 unspecified atom stereocenters. The zero-order valence-electron chi connectivity index (χ0n) is 10.4. The van der Waals surface area contributed by atoms with Crippen molar-refractivity contribution in [3.63, 3.8) is 0 Å². The maximum atomic E-state index is 11.7. The molecule has 0 aromatic heterocycles. The molecule has 0 bridgehead atoms. The van der Waals surface area contributed by atoms with Crippen molar-refractivity contribution >= 4 is 39.1 Å². The molecule has 1 aromatic rings. The van der Waals surface area contributed by atoms with Crippen LogP contribution < -0.4 is 10.6 Å². The van der Waals surface area contributed by atoms with E-state index in [1.54, 1.807) is 19.1 Å². The van der Waals surface area contributed by atoms with E-state index in [2.05, 4.69) is 33.1 Å². The molecule has 18 heavy (non-hydrogen) atoms. The molecular formula is C13H16BrClN2O. The van der Waals surface area contributed by atoms with E-state index in [1.807, 2.05) is 13.0 Å². The van der Waals surface area contributed by atoms with Gasteiger partial charge in [-0.25, -0.2) is 0 Å². The largest absolute Gasteiger partial charge is 0.373 e. The van der Waals surface area contributed by atoms with Gasteiger partial charge in [0.25, 0.3) is 0 Å². The van der Waals surface area contributed by atoms with Gasteiger partial charge in [0.1, 0.15) is 6.04 Å². The smallest absolute Gasteiger partial charge is 0.242 e. The van der Waals surface area contributed by atoms with Gasteiger partial charge in [0.2, 0.25) is 5.91 Å². The Morgan fingerprint density at radius 2 is 2.28 bits per heavy atom. The Bertz CT molecular complexity index is 463. The lowest BCUT2D eigenvalue weighted by Crippen LogP contribution is -2.37. The number of aryl methyl sites for hydroxylation is 1. The Hall–Kier alpha value is -1.000. The van der Waals surface area contributed by atoms with Crippen LogP contribution in [0.2, 0.25) is 5.02 Å². The predicted molar refractivity (Wildman–Crippen MR) is 80.2 cm³/mol. The number of carbonyl (C=O) groups is 1. The summed E-state index contributed by atoms with van der Waals surface area (Å²) in [4.78, 5) is 11.7. The van der Waals surface area contributed by atoms with Crippen LogP contribution in [0.4, 0.5) is 5.69 Å². The van der Waals surface area contributed by atoms with Crippen molar-refractivity contribution in [2.75, 3.05) is 11.9 Å². The Labute approximate surface area is 121 Å². The highest BCUT2D eigenvalue weighted by Crippen LogP contribution is 2.29. The quantitative estimate of drug-likeness (QED) is 0.811. The molecule has 1 atom stereocenters. The van der Waals surface area contributed by atoms with Gasteiger partial charge in [-0.3, -0.25) is 4.79 Å². The van der Waals surface area contributed by atoms with Crippen molar-refractivity contribution in [2.24, 2.45) is 0 Å². The normalized spacial score (nSPS) is 11.8. The van der Waals surface area contributed by atoms with Gasteiger partial charge < -0.3 is 10.6 Å². The highest BCUT2D eigenvalue weighted by atomic mass is 79.9. The molecule has 1 rings (SSSR count). The van der Waals surface area contributed by atoms with Crippen molar-refractivity contribution < 1.29 is 4.79 Å². The SMILES string of the molecule is C=CCNC(=O)C(C)Nc1cc(Cl)c(C)cc1Br. The number of halogens is 2. The highest BCUT2D eigenvalue weighted by Gasteiger charge is 2.13. The van der Waals surface area contributed by atoms with E-state index in [4.69, 9.17) is 11.6 Å². The molecule has 3 nitrogen and oxygen atoms in total. The van der Waals surface area contributed by atoms with Crippen LogP contribution in [0.1, 0.15) is 12.5 Å². The number of benzene rings is 1. The van der Waals surface area contributed by atoms with Gasteiger partial charge in [0, 0.05) is 16.0 Å². The summed E-state index contributed by atoms with van der Waals surface area (Å²) in [5.74, 6) is -0.0847. The fourth-order valence-electron chi connectivity index (χ4n) is 1.38. The molecule has 5 heteroatoms. The van der Waals surface area contributed by atoms with Gasteiger partial charge >= 0.3 is 0 Å². The lowest BCUT2D eigenvalue weighted by atomic mass is 10.2. The maximum Gasteiger partial charge on any atom is 0.242 e. The number of rotatable bonds is 5. The minimum Gasteiger partial charge on any atom is -0.373 e. The number of anilines is 1. The average molecular weight is 332 g/mol. The predicted octanol–water partition coefficient (Wildman–Crippen LogP) is 3.51. The molecule has 1 aromatic carbocycles. The molecule has 0 saturated carbocycles. The minimum absolute atomic E-state index is 0.0847. The van der Waals surface area contributed by atoms with Crippen LogP contribution in [0.25, 0.3) is 0 Å². The molecule has 0 heterocycles. The van der Waals surface area contributed by atoms with E-state index in [-0.39, 0.29) is 11.9 Å². The third kappa shape index (κ3) is 4.03. The monoisotopic (exact) mass is 330 g/mol. The van der Waals surface area contributed by atoms with Gasteiger partial charge in [0.15, 0.2) is 0 Å². The Morgan fingerprint density at radius 1 is 1.61 bits per heavy atom. The summed E-state index contributed by atoms with van der Waals surface area (Å²) in [6, 6.07) is 3.37. The molecule has 0 radical (unpaired) electrons. The van der Waals surface area contributed by atoms with Crippen molar-refractivity contribution in [1.82, 2.24) is 5.32 Å². The molecule has 0 fully saturated rings. The third-order valence-electron chi connectivity index (χ3n) is 2.43. The highest BCUT2D eigenvalue weighted by molar-refractivity contribution is 9.10. The minimum atomic E-state index is -0.347. The summed E-state index contributed by atoms with van der Waals surface area (Å²) in [5, 5.41) is 6.51. The van der Waals surface area contributed by atoms with Crippen LogP contribution in [0.5, 0.6) is 0 Å². The van der Waals surface area contributed by atoms with E-state index < -0.39 is 0 Å². The number of hydrogen-bond donors (Lipinski definition) is 2. The molecule has 0 spiro atoms. The second kappa shape index (κ2) is 6.81. The first-order chi connectivity index (χ1) is 8.45. The van der Waals surface area contributed by atoms with Gasteiger partial charge in [-0.05, 0) is 47.5 Å². The first kappa shape index (κ1) is 15.1. The lowest BCUT2D eigenvalue weighted by molar-refractivity contribution is -0.121. The summed E-state index contributed by atoms with van der Waals surface area (Å²) in [6.07, 6.45) is 1.64. The van der Waals surface area contributed by atoms with Crippen molar-refractivity contribution in [2.45, 2.75) is 19.9 Å². The Kier molecular flexibility index (Phi) is 5.69. The molecule has 0 saturated heterocycles. The third-order valence-corrected chi connectivity index (χ3v) is 3.50. The van der Waals surface area contributed by atoms with Gasteiger partial charge in [-0.1, -0.05) is 17.7 Å². The fraction of sp³-hybridized carbons (Fsp3) is 0.308. The van der Waals surface area contributed by atoms with E-state index >= 15 is 0 Å². The first-order valence-electron chi connectivity index (χ1n) is 5.56. The number of carbonyl (C=O) groups excluding carboxylic acids is 1. The number of nitrogens with one attached hydrogen (secondary N) is 2. The first-order valence-corrected chi connectivity index (χ1v) is 6.73. The molecule has 2 N–H and O–H groups in total. The molecule has 0 aliphatic heterocycles. The van der Waals surface area contributed by atoms with Crippen molar-refractivity contribution in [3.8, 4) is 0 Å². The molecule has 98 valence electrons. The number of amides is 1. The average Bonchev–Trinajstić information content (AvgIpc) is 2.32. The van der Waals surface area contributed by atoms with Gasteiger partial charge in [-0.15, -0.1) is 6.58 Å². The van der Waals surface area contributed by atoms with Crippen LogP contribution in [-0.2, 0) is 4.79 Å². The maximum absolute atomic E-state index is 11.7. The standard InChI is InChI=1S/C13H16BrClN2O/c1-4-5-16-13(18)9(3)17-12-7-11(15)8(2)6-10(12)14/h4,6-7,9,17H,1,5H2,2-3H3,(H,16,18). The summed E-state index contributed by atoms with van der Waals surface area (Å²) in [7, 11) is 0. The van der Waals surface area contributed by atoms with Crippen LogP contribution in [0.15, 0.2) is 29.3 Å². The van der Waals surface area contributed by atoms with E-state index in [0.29, 0.717) is 11.6 Å². The Balaban J connectivity index is 2.75. The number of hydrogen-bond acceptors (Lipinski definition) is 2. The van der Waals surface area contributed by atoms with Crippen molar-refractivity contribution in [1.29, 1.82) is 0 Å². The fourth-order valence-corrected chi connectivity index (χ4v) is 2.12. The summed E-state index contributed by atoms with van der Waals surface area (Å²) < 4.78 is 0.882. The van der Waals surface area contributed by atoms with E-state index in [0.717, 1.165) is 15.7 Å². The van der Waals surface area contributed by atoms with Gasteiger partial charge in [-0.2, -0.15) is 0 Å². The summed E-state index contributed by atoms with van der Waals surface area (Å²) in [6.45, 7) is 7.73. The van der Waals surface area contributed by atoms with Crippen LogP contribution in [0, 0.1) is 6.92 Å². The molecular weight excluding hydrogens is 316 g/mol. The summed E-state index contributed by atoms with van der Waals surface area (Å²) >= 11 is 9.50. The van der Waals surface area contributed by atoms with Gasteiger partial charge in [0.05, 0.1) is 5.69 Å². The zero-order valence-corrected chi connectivity index (χ0v) is 12.7. The van der Waals surface area contributed by atoms with Crippen molar-refractivity contribution in [3.05, 3.63) is 39.8 Å². The molecule has 1 amide bonds. The molecule has 0 aliphatic rings. The molecule has 0 aliphatic carbocycles. The van der Waals surface area contributed by atoms with E-state index in [1.165, 1.54) is 0 Å². The van der Waals surface area contributed by atoms with Crippen LogP contribution in [0.3, 0.4) is 0 Å². The van der Waals surface area contributed by atoms with Crippen LogP contribution >= 0.6 is 27.5 Å².